The van der Waals surface area contributed by atoms with E-state index >= 15 is 0 Å². The van der Waals surface area contributed by atoms with E-state index in [1.54, 1.807) is 17.0 Å². The molecule has 1 aromatic rings. The Hall–Kier alpha value is -1.93. The number of carbonyl (C=O) groups is 2. The first-order valence-electron chi connectivity index (χ1n) is 9.92. The SMILES string of the molecule is CCCCCC(C)NC(=O)c1cccc(S(=O)(=O)N2CCN(C(C)=O)CC2)c1. The number of rotatable bonds is 8. The highest BCUT2D eigenvalue weighted by Crippen LogP contribution is 2.19. The van der Waals surface area contributed by atoms with Crippen molar-refractivity contribution >= 4 is 21.8 Å². The summed E-state index contributed by atoms with van der Waals surface area (Å²) in [5, 5.41) is 2.94. The summed E-state index contributed by atoms with van der Waals surface area (Å²) >= 11 is 0. The van der Waals surface area contributed by atoms with Crippen LogP contribution in [0.5, 0.6) is 0 Å². The van der Waals surface area contributed by atoms with Crippen LogP contribution in [0.4, 0.5) is 0 Å². The molecule has 0 saturated carbocycles. The summed E-state index contributed by atoms with van der Waals surface area (Å²) < 4.78 is 27.2. The molecule has 1 aliphatic heterocycles. The van der Waals surface area contributed by atoms with Crippen molar-refractivity contribution < 1.29 is 18.0 Å². The van der Waals surface area contributed by atoms with Crippen molar-refractivity contribution in [2.75, 3.05) is 26.2 Å². The number of hydrogen-bond donors (Lipinski definition) is 1. The van der Waals surface area contributed by atoms with E-state index in [2.05, 4.69) is 12.2 Å². The van der Waals surface area contributed by atoms with Gasteiger partial charge >= 0.3 is 0 Å². The molecule has 1 unspecified atom stereocenters. The third kappa shape index (κ3) is 5.78. The Morgan fingerprint density at radius 3 is 2.43 bits per heavy atom. The number of hydrogen-bond acceptors (Lipinski definition) is 4. The summed E-state index contributed by atoms with van der Waals surface area (Å²) in [6.07, 6.45) is 4.21. The third-order valence-corrected chi connectivity index (χ3v) is 6.93. The molecule has 1 saturated heterocycles. The fourth-order valence-corrected chi connectivity index (χ4v) is 4.74. The van der Waals surface area contributed by atoms with Gasteiger partial charge in [0.1, 0.15) is 0 Å². The zero-order chi connectivity index (χ0) is 20.7. The number of nitrogens with one attached hydrogen (secondary N) is 1. The highest BCUT2D eigenvalue weighted by molar-refractivity contribution is 7.89. The quantitative estimate of drug-likeness (QED) is 0.667. The Bertz CT molecular complexity index is 786. The number of benzene rings is 1. The summed E-state index contributed by atoms with van der Waals surface area (Å²) in [7, 11) is -3.70. The first-order valence-corrected chi connectivity index (χ1v) is 11.4. The molecule has 2 rings (SSSR count). The zero-order valence-corrected chi connectivity index (χ0v) is 17.8. The molecule has 156 valence electrons. The smallest absolute Gasteiger partial charge is 0.251 e. The molecule has 0 bridgehead atoms. The van der Waals surface area contributed by atoms with E-state index in [9.17, 15) is 18.0 Å². The molecular weight excluding hydrogens is 378 g/mol. The van der Waals surface area contributed by atoms with Gasteiger partial charge in [-0.05, 0) is 31.5 Å². The minimum Gasteiger partial charge on any atom is -0.350 e. The first-order chi connectivity index (χ1) is 13.3. The average Bonchev–Trinajstić information content (AvgIpc) is 2.68. The number of sulfonamides is 1. The van der Waals surface area contributed by atoms with Gasteiger partial charge in [-0.1, -0.05) is 32.3 Å². The summed E-state index contributed by atoms with van der Waals surface area (Å²) in [6, 6.07) is 6.20. The summed E-state index contributed by atoms with van der Waals surface area (Å²) in [4.78, 5) is 25.7. The van der Waals surface area contributed by atoms with Gasteiger partial charge in [-0.3, -0.25) is 9.59 Å². The van der Waals surface area contributed by atoms with Gasteiger partial charge in [0.05, 0.1) is 4.90 Å². The summed E-state index contributed by atoms with van der Waals surface area (Å²) in [5.74, 6) is -0.314. The lowest BCUT2D eigenvalue weighted by molar-refractivity contribution is -0.129. The van der Waals surface area contributed by atoms with Crippen molar-refractivity contribution in [3.8, 4) is 0 Å². The van der Waals surface area contributed by atoms with Gasteiger partial charge in [0.15, 0.2) is 0 Å². The van der Waals surface area contributed by atoms with Crippen molar-refractivity contribution in [1.82, 2.24) is 14.5 Å². The molecule has 1 aliphatic rings. The molecule has 8 heteroatoms. The Labute approximate surface area is 168 Å². The molecule has 0 spiro atoms. The molecule has 0 aliphatic carbocycles. The lowest BCUT2D eigenvalue weighted by Gasteiger charge is -2.33. The van der Waals surface area contributed by atoms with Gasteiger partial charge in [-0.15, -0.1) is 0 Å². The van der Waals surface area contributed by atoms with Crippen molar-refractivity contribution in [1.29, 1.82) is 0 Å². The molecule has 28 heavy (non-hydrogen) atoms. The van der Waals surface area contributed by atoms with E-state index in [0.717, 1.165) is 25.7 Å². The number of piperazine rings is 1. The van der Waals surface area contributed by atoms with Gasteiger partial charge in [0.25, 0.3) is 5.91 Å². The van der Waals surface area contributed by atoms with Gasteiger partial charge < -0.3 is 10.2 Å². The van der Waals surface area contributed by atoms with Crippen LogP contribution in [0.2, 0.25) is 0 Å². The minimum absolute atomic E-state index is 0.0407. The van der Waals surface area contributed by atoms with Gasteiger partial charge in [-0.2, -0.15) is 4.31 Å². The lowest BCUT2D eigenvalue weighted by atomic mass is 10.1. The Balaban J connectivity index is 2.05. The largest absolute Gasteiger partial charge is 0.350 e. The van der Waals surface area contributed by atoms with E-state index in [0.29, 0.717) is 18.7 Å². The minimum atomic E-state index is -3.70. The van der Waals surface area contributed by atoms with Crippen LogP contribution in [-0.2, 0) is 14.8 Å². The van der Waals surface area contributed by atoms with Gasteiger partial charge in [-0.25, -0.2) is 8.42 Å². The first kappa shape index (κ1) is 22.4. The van der Waals surface area contributed by atoms with Crippen LogP contribution in [0.15, 0.2) is 29.2 Å². The molecule has 1 heterocycles. The van der Waals surface area contributed by atoms with E-state index in [4.69, 9.17) is 0 Å². The Morgan fingerprint density at radius 2 is 1.82 bits per heavy atom. The Kier molecular flexibility index (Phi) is 8.00. The van der Waals surface area contributed by atoms with Crippen LogP contribution in [0.1, 0.15) is 56.8 Å². The fraction of sp³-hybridized carbons (Fsp3) is 0.600. The van der Waals surface area contributed by atoms with E-state index < -0.39 is 10.0 Å². The van der Waals surface area contributed by atoms with Crippen LogP contribution in [0, 0.1) is 0 Å². The number of nitrogens with zero attached hydrogens (tertiary/aromatic N) is 2. The second kappa shape index (κ2) is 10.0. The Morgan fingerprint density at radius 1 is 1.14 bits per heavy atom. The summed E-state index contributed by atoms with van der Waals surface area (Å²) in [6.45, 7) is 6.85. The highest BCUT2D eigenvalue weighted by Gasteiger charge is 2.29. The molecule has 2 amide bonds. The van der Waals surface area contributed by atoms with E-state index in [1.807, 2.05) is 6.92 Å². The van der Waals surface area contributed by atoms with Crippen LogP contribution >= 0.6 is 0 Å². The predicted molar refractivity (Wildman–Crippen MR) is 109 cm³/mol. The monoisotopic (exact) mass is 409 g/mol. The van der Waals surface area contributed by atoms with Gasteiger partial charge in [0.2, 0.25) is 15.9 Å². The van der Waals surface area contributed by atoms with Crippen LogP contribution in [-0.4, -0.2) is 61.7 Å². The second-order valence-electron chi connectivity index (χ2n) is 7.31. The molecule has 0 radical (unpaired) electrons. The fourth-order valence-electron chi connectivity index (χ4n) is 3.27. The normalized spacial score (nSPS) is 16.6. The van der Waals surface area contributed by atoms with Crippen LogP contribution in [0.3, 0.4) is 0 Å². The number of carbonyl (C=O) groups excluding carboxylic acids is 2. The zero-order valence-electron chi connectivity index (χ0n) is 17.0. The van der Waals surface area contributed by atoms with Crippen LogP contribution in [0.25, 0.3) is 0 Å². The molecule has 1 aromatic carbocycles. The summed E-state index contributed by atoms with van der Waals surface area (Å²) in [5.41, 5.74) is 0.339. The van der Waals surface area contributed by atoms with Crippen LogP contribution < -0.4 is 5.32 Å². The maximum atomic E-state index is 12.9. The van der Waals surface area contributed by atoms with Crippen molar-refractivity contribution in [2.24, 2.45) is 0 Å². The lowest BCUT2D eigenvalue weighted by Crippen LogP contribution is -2.49. The van der Waals surface area contributed by atoms with Crippen molar-refractivity contribution in [3.63, 3.8) is 0 Å². The molecular formula is C20H31N3O4S. The van der Waals surface area contributed by atoms with Crippen molar-refractivity contribution in [3.05, 3.63) is 29.8 Å². The standard InChI is InChI=1S/C20H31N3O4S/c1-4-5-6-8-16(2)21-20(25)18-9-7-10-19(15-18)28(26,27)23-13-11-22(12-14-23)17(3)24/h7,9-10,15-16H,4-6,8,11-14H2,1-3H3,(H,21,25). The topological polar surface area (TPSA) is 86.8 Å². The molecule has 7 nitrogen and oxygen atoms in total. The molecule has 0 aromatic heterocycles. The maximum absolute atomic E-state index is 12.9. The second-order valence-corrected chi connectivity index (χ2v) is 9.25. The predicted octanol–water partition coefficient (Wildman–Crippen LogP) is 2.24. The molecule has 1 atom stereocenters. The number of amides is 2. The third-order valence-electron chi connectivity index (χ3n) is 5.04. The maximum Gasteiger partial charge on any atom is 0.251 e. The molecule has 1 N–H and O–H groups in total. The molecule has 1 fully saturated rings. The highest BCUT2D eigenvalue weighted by atomic mass is 32.2. The van der Waals surface area contributed by atoms with E-state index in [-0.39, 0.29) is 35.8 Å². The number of unbranched alkanes of at least 4 members (excludes halogenated alkanes) is 2. The average molecular weight is 410 g/mol. The van der Waals surface area contributed by atoms with Crippen molar-refractivity contribution in [2.45, 2.75) is 57.4 Å². The van der Waals surface area contributed by atoms with E-state index in [1.165, 1.54) is 23.4 Å². The van der Waals surface area contributed by atoms with Gasteiger partial charge in [0, 0.05) is 44.7 Å².